The Labute approximate surface area is 73.2 Å². The number of hydrogen-bond donors (Lipinski definition) is 3. The van der Waals surface area contributed by atoms with E-state index < -0.39 is 12.2 Å². The highest BCUT2D eigenvalue weighted by molar-refractivity contribution is 6.34. The van der Waals surface area contributed by atoms with Gasteiger partial charge in [0, 0.05) is 11.9 Å². The van der Waals surface area contributed by atoms with Crippen LogP contribution in [0.5, 0.6) is 0 Å². The number of hydrogen-bond acceptors (Lipinski definition) is 4. The first-order chi connectivity index (χ1) is 5.70. The molecule has 0 amide bonds. The summed E-state index contributed by atoms with van der Waals surface area (Å²) in [6.45, 7) is 1.78. The molecule has 3 N–H and O–H groups in total. The van der Waals surface area contributed by atoms with Crippen molar-refractivity contribution < 1.29 is 14.9 Å². The van der Waals surface area contributed by atoms with Crippen molar-refractivity contribution >= 4 is 7.41 Å². The predicted molar refractivity (Wildman–Crippen MR) is 45.7 cm³/mol. The lowest BCUT2D eigenvalue weighted by Crippen LogP contribution is -2.33. The molecule has 4 nitrogen and oxygen atoms in total. The van der Waals surface area contributed by atoms with Gasteiger partial charge in [0.1, 0.15) is 6.10 Å². The summed E-state index contributed by atoms with van der Waals surface area (Å²) in [5, 5.41) is 21.2. The lowest BCUT2D eigenvalue weighted by Gasteiger charge is -2.12. The Kier molecular flexibility index (Phi) is 3.52. The van der Waals surface area contributed by atoms with E-state index in [1.54, 1.807) is 14.5 Å². The Morgan fingerprint density at radius 2 is 2.25 bits per heavy atom. The molecule has 0 aromatic heterocycles. The van der Waals surface area contributed by atoms with Crippen molar-refractivity contribution in [2.75, 3.05) is 13.7 Å². The molecule has 1 radical (unpaired) electrons. The molecule has 1 heterocycles. The van der Waals surface area contributed by atoms with Gasteiger partial charge < -0.3 is 20.2 Å². The standard InChI is InChI=1S/C7H15BNO3/c1-4-6(11)5(3-10)12-7(4)8-9-2/h4-7,9-11H,3H2,1-2H3/t4?,5-,6-,7-/m1/s1. The number of nitrogens with one attached hydrogen (secondary N) is 1. The second-order valence-electron chi connectivity index (χ2n) is 3.13. The summed E-state index contributed by atoms with van der Waals surface area (Å²) in [5.41, 5.74) is 0. The highest BCUT2D eigenvalue weighted by Gasteiger charge is 2.40. The van der Waals surface area contributed by atoms with E-state index >= 15 is 0 Å². The smallest absolute Gasteiger partial charge is 0.241 e. The third-order valence-electron chi connectivity index (χ3n) is 2.28. The van der Waals surface area contributed by atoms with Gasteiger partial charge in [-0.15, -0.1) is 0 Å². The van der Waals surface area contributed by atoms with Crippen molar-refractivity contribution in [1.82, 2.24) is 5.23 Å². The van der Waals surface area contributed by atoms with Crippen LogP contribution in [0.3, 0.4) is 0 Å². The molecule has 1 saturated heterocycles. The SMILES string of the molecule is CN[B][C@@H]1O[C@H](CO)[C@H](O)C1C. The van der Waals surface area contributed by atoms with Crippen molar-refractivity contribution in [1.29, 1.82) is 0 Å². The predicted octanol–water partition coefficient (Wildman–Crippen LogP) is -1.46. The van der Waals surface area contributed by atoms with E-state index in [0.717, 1.165) is 0 Å². The zero-order valence-electron chi connectivity index (χ0n) is 7.40. The largest absolute Gasteiger partial charge is 0.394 e. The summed E-state index contributed by atoms with van der Waals surface area (Å²) in [5.74, 6) is 0.0367. The van der Waals surface area contributed by atoms with Crippen LogP contribution in [0, 0.1) is 5.92 Å². The molecule has 69 valence electrons. The molecule has 4 atom stereocenters. The maximum absolute atomic E-state index is 9.52. The fraction of sp³-hybridized carbons (Fsp3) is 1.00. The molecule has 0 aromatic carbocycles. The van der Waals surface area contributed by atoms with Crippen molar-refractivity contribution in [3.05, 3.63) is 0 Å². The molecule has 1 rings (SSSR count). The van der Waals surface area contributed by atoms with Crippen LogP contribution in [0.2, 0.25) is 0 Å². The van der Waals surface area contributed by atoms with Crippen LogP contribution in [0.25, 0.3) is 0 Å². The van der Waals surface area contributed by atoms with Crippen LogP contribution in [0.4, 0.5) is 0 Å². The Morgan fingerprint density at radius 1 is 1.58 bits per heavy atom. The number of ether oxygens (including phenoxy) is 1. The third-order valence-corrected chi connectivity index (χ3v) is 2.28. The molecule has 0 aromatic rings. The minimum Gasteiger partial charge on any atom is -0.394 e. The fourth-order valence-corrected chi connectivity index (χ4v) is 1.45. The summed E-state index contributed by atoms with van der Waals surface area (Å²) in [6, 6.07) is -0.109. The zero-order valence-corrected chi connectivity index (χ0v) is 7.40. The van der Waals surface area contributed by atoms with Gasteiger partial charge >= 0.3 is 0 Å². The van der Waals surface area contributed by atoms with Crippen LogP contribution >= 0.6 is 0 Å². The fourth-order valence-electron chi connectivity index (χ4n) is 1.45. The Balaban J connectivity index is 2.48. The van der Waals surface area contributed by atoms with E-state index in [1.807, 2.05) is 6.92 Å². The molecule has 0 spiro atoms. The van der Waals surface area contributed by atoms with Gasteiger partial charge in [-0.25, -0.2) is 0 Å². The van der Waals surface area contributed by atoms with Gasteiger partial charge in [-0.2, -0.15) is 0 Å². The van der Waals surface area contributed by atoms with Crippen LogP contribution in [0.15, 0.2) is 0 Å². The molecule has 1 unspecified atom stereocenters. The first kappa shape index (κ1) is 9.99. The van der Waals surface area contributed by atoms with Crippen LogP contribution in [-0.4, -0.2) is 49.5 Å². The average Bonchev–Trinajstić information content (AvgIpc) is 2.33. The molecule has 1 fully saturated rings. The molecule has 0 aliphatic carbocycles. The van der Waals surface area contributed by atoms with Gasteiger partial charge in [-0.05, 0) is 7.05 Å². The quantitative estimate of drug-likeness (QED) is 0.455. The van der Waals surface area contributed by atoms with E-state index in [2.05, 4.69) is 5.23 Å². The lowest BCUT2D eigenvalue weighted by atomic mass is 9.77. The van der Waals surface area contributed by atoms with Gasteiger partial charge in [-0.3, -0.25) is 0 Å². The highest BCUT2D eigenvalue weighted by Crippen LogP contribution is 2.25. The molecule has 12 heavy (non-hydrogen) atoms. The molecule has 1 aliphatic heterocycles. The van der Waals surface area contributed by atoms with E-state index in [4.69, 9.17) is 9.84 Å². The van der Waals surface area contributed by atoms with Gasteiger partial charge in [0.25, 0.3) is 0 Å². The topological polar surface area (TPSA) is 61.7 Å². The van der Waals surface area contributed by atoms with E-state index in [9.17, 15) is 5.11 Å². The summed E-state index contributed by atoms with van der Waals surface area (Å²) >= 11 is 0. The first-order valence-electron chi connectivity index (χ1n) is 4.15. The Bertz CT molecular complexity index is 147. The van der Waals surface area contributed by atoms with Crippen molar-refractivity contribution in [2.45, 2.75) is 25.1 Å². The second kappa shape index (κ2) is 4.23. The zero-order chi connectivity index (χ0) is 9.14. The monoisotopic (exact) mass is 172 g/mol. The highest BCUT2D eigenvalue weighted by atomic mass is 16.5. The summed E-state index contributed by atoms with van der Waals surface area (Å²) in [6.07, 6.45) is -1.00. The lowest BCUT2D eigenvalue weighted by molar-refractivity contribution is -0.00569. The minimum absolute atomic E-state index is 0.0367. The first-order valence-corrected chi connectivity index (χ1v) is 4.15. The van der Waals surface area contributed by atoms with Crippen molar-refractivity contribution in [3.8, 4) is 0 Å². The van der Waals surface area contributed by atoms with E-state index in [1.165, 1.54) is 0 Å². The molecular weight excluding hydrogens is 157 g/mol. The van der Waals surface area contributed by atoms with Crippen molar-refractivity contribution in [3.63, 3.8) is 0 Å². The van der Waals surface area contributed by atoms with Crippen molar-refractivity contribution in [2.24, 2.45) is 5.92 Å². The van der Waals surface area contributed by atoms with Crippen LogP contribution < -0.4 is 5.23 Å². The minimum atomic E-state index is -0.565. The summed E-state index contributed by atoms with van der Waals surface area (Å²) < 4.78 is 5.36. The average molecular weight is 172 g/mol. The molecule has 0 bridgehead atoms. The van der Waals surface area contributed by atoms with E-state index in [0.29, 0.717) is 0 Å². The van der Waals surface area contributed by atoms with Gasteiger partial charge in [-0.1, -0.05) is 6.92 Å². The normalized spacial score (nSPS) is 41.7. The molecular formula is C7H15BNO3. The molecule has 5 heteroatoms. The van der Waals surface area contributed by atoms with Crippen LogP contribution in [-0.2, 0) is 4.74 Å². The van der Waals surface area contributed by atoms with E-state index in [-0.39, 0.29) is 18.5 Å². The maximum atomic E-state index is 9.52. The molecule has 0 saturated carbocycles. The van der Waals surface area contributed by atoms with Gasteiger partial charge in [0.05, 0.1) is 12.7 Å². The van der Waals surface area contributed by atoms with Crippen LogP contribution in [0.1, 0.15) is 6.92 Å². The molecule has 1 aliphatic rings. The number of aliphatic hydroxyl groups is 2. The summed E-state index contributed by atoms with van der Waals surface area (Å²) in [4.78, 5) is 0. The summed E-state index contributed by atoms with van der Waals surface area (Å²) in [7, 11) is 3.57. The number of rotatable bonds is 3. The maximum Gasteiger partial charge on any atom is 0.241 e. The third kappa shape index (κ3) is 1.80. The Morgan fingerprint density at radius 3 is 2.67 bits per heavy atom. The second-order valence-corrected chi connectivity index (χ2v) is 3.13. The number of aliphatic hydroxyl groups excluding tert-OH is 2. The van der Waals surface area contributed by atoms with Gasteiger partial charge in [0.15, 0.2) is 0 Å². The van der Waals surface area contributed by atoms with Gasteiger partial charge in [0.2, 0.25) is 7.41 Å². The Hall–Kier alpha value is -0.0951.